The molecule has 1 aromatic carbocycles. The van der Waals surface area contributed by atoms with Gasteiger partial charge < -0.3 is 20.1 Å². The van der Waals surface area contributed by atoms with Crippen molar-refractivity contribution in [3.63, 3.8) is 0 Å². The summed E-state index contributed by atoms with van der Waals surface area (Å²) >= 11 is 7.67. The number of aliphatic hydroxyl groups is 2. The van der Waals surface area contributed by atoms with Gasteiger partial charge in [0.25, 0.3) is 0 Å². The molecule has 0 aromatic heterocycles. The van der Waals surface area contributed by atoms with Crippen LogP contribution in [0.25, 0.3) is 0 Å². The number of cyclic esters (lactones) is 1. The maximum atomic E-state index is 13.0. The zero-order chi connectivity index (χ0) is 25.5. The average molecular weight is 602 g/mol. The molecule has 190 valence electrons. The minimum Gasteiger partial charge on any atom is -0.508 e. The van der Waals surface area contributed by atoms with Crippen LogP contribution in [-0.2, 0) is 11.2 Å². The van der Waals surface area contributed by atoms with Gasteiger partial charge in [-0.3, -0.25) is 0 Å². The lowest BCUT2D eigenvalue weighted by Gasteiger charge is -2.44. The molecule has 3 N–H and O–H groups in total. The lowest BCUT2D eigenvalue weighted by molar-refractivity contribution is -0.0789. The van der Waals surface area contributed by atoms with E-state index in [0.717, 1.165) is 25.7 Å². The fraction of sp³-hybridized carbons (Fsp3) is 0.667. The van der Waals surface area contributed by atoms with Crippen LogP contribution < -0.4 is 0 Å². The van der Waals surface area contributed by atoms with Crippen molar-refractivity contribution in [2.45, 2.75) is 107 Å². The number of aromatic hydroxyl groups is 1. The number of allylic oxidation sites excluding steroid dienone is 2. The molecule has 2 unspecified atom stereocenters. The lowest BCUT2D eigenvalue weighted by atomic mass is 9.66. The Morgan fingerprint density at radius 2 is 1.71 bits per heavy atom. The Labute approximate surface area is 220 Å². The van der Waals surface area contributed by atoms with E-state index in [9.17, 15) is 20.1 Å². The second-order valence-electron chi connectivity index (χ2n) is 11.1. The first kappa shape index (κ1) is 27.7. The number of rotatable bonds is 0. The second-order valence-corrected chi connectivity index (χ2v) is 13.3. The summed E-state index contributed by atoms with van der Waals surface area (Å²) in [5.74, 6) is -0.393. The third-order valence-electron chi connectivity index (χ3n) is 8.03. The van der Waals surface area contributed by atoms with Crippen molar-refractivity contribution in [3.8, 4) is 5.75 Å². The number of fused-ring (bicyclic) bond motifs is 3. The van der Waals surface area contributed by atoms with Crippen LogP contribution in [0.3, 0.4) is 0 Å². The number of halogens is 2. The fourth-order valence-electron chi connectivity index (χ4n) is 5.23. The van der Waals surface area contributed by atoms with Gasteiger partial charge >= 0.3 is 5.97 Å². The summed E-state index contributed by atoms with van der Waals surface area (Å²) in [4.78, 5) is 13.1. The first-order chi connectivity index (χ1) is 15.7. The Morgan fingerprint density at radius 1 is 1.03 bits per heavy atom. The summed E-state index contributed by atoms with van der Waals surface area (Å²) < 4.78 is 5.71. The number of phenols is 1. The van der Waals surface area contributed by atoms with Crippen LogP contribution in [0.2, 0.25) is 0 Å². The molecule has 34 heavy (non-hydrogen) atoms. The Balaban J connectivity index is 2.08. The van der Waals surface area contributed by atoms with E-state index in [1.807, 2.05) is 0 Å². The van der Waals surface area contributed by atoms with Crippen LogP contribution in [0, 0.1) is 5.41 Å². The summed E-state index contributed by atoms with van der Waals surface area (Å²) in [7, 11) is 0. The molecule has 7 heteroatoms. The molecular formula is C27H38Br2O5. The molecular weight excluding hydrogens is 564 g/mol. The molecule has 5 nitrogen and oxygen atoms in total. The molecule has 1 aromatic rings. The molecule has 0 radical (unpaired) electrons. The van der Waals surface area contributed by atoms with Gasteiger partial charge in [0.05, 0.1) is 17.3 Å². The highest BCUT2D eigenvalue weighted by molar-refractivity contribution is 9.09. The van der Waals surface area contributed by atoms with Crippen LogP contribution in [0.4, 0.5) is 0 Å². The summed E-state index contributed by atoms with van der Waals surface area (Å²) in [5, 5.41) is 32.7. The van der Waals surface area contributed by atoms with E-state index in [2.05, 4.69) is 45.7 Å². The third kappa shape index (κ3) is 5.74. The molecule has 3 rings (SSSR count). The number of hydrogen-bond acceptors (Lipinski definition) is 5. The minimum atomic E-state index is -1.13. The molecule has 0 fully saturated rings. The number of benzene rings is 1. The summed E-state index contributed by atoms with van der Waals surface area (Å²) in [6.07, 6.45) is 3.85. The van der Waals surface area contributed by atoms with Crippen LogP contribution in [-0.4, -0.2) is 48.2 Å². The first-order valence-corrected chi connectivity index (χ1v) is 13.9. The van der Waals surface area contributed by atoms with Gasteiger partial charge in [0.15, 0.2) is 0 Å². The number of alkyl halides is 2. The van der Waals surface area contributed by atoms with Crippen LogP contribution in [0.5, 0.6) is 5.75 Å². The Hall–Kier alpha value is -0.890. The smallest absolute Gasteiger partial charge is 0.338 e. The van der Waals surface area contributed by atoms with Crippen molar-refractivity contribution in [2.24, 2.45) is 5.41 Å². The van der Waals surface area contributed by atoms with E-state index in [1.54, 1.807) is 39.0 Å². The fourth-order valence-corrected chi connectivity index (χ4v) is 6.42. The van der Waals surface area contributed by atoms with Crippen LogP contribution >= 0.6 is 31.9 Å². The molecule has 0 saturated heterocycles. The second kappa shape index (κ2) is 10.2. The van der Waals surface area contributed by atoms with E-state index in [-0.39, 0.29) is 20.8 Å². The lowest BCUT2D eigenvalue weighted by Crippen LogP contribution is -2.44. The molecule has 5 atom stereocenters. The van der Waals surface area contributed by atoms with Gasteiger partial charge in [-0.15, -0.1) is 0 Å². The number of esters is 1. The largest absolute Gasteiger partial charge is 0.508 e. The predicted molar refractivity (Wildman–Crippen MR) is 142 cm³/mol. The number of hydrogen-bond donors (Lipinski definition) is 3. The van der Waals surface area contributed by atoms with Crippen molar-refractivity contribution in [3.05, 3.63) is 40.5 Å². The summed E-state index contributed by atoms with van der Waals surface area (Å²) in [5.41, 5.74) is 1.27. The molecule has 2 aliphatic rings. The zero-order valence-corrected chi connectivity index (χ0v) is 24.0. The highest BCUT2D eigenvalue weighted by Gasteiger charge is 2.42. The van der Waals surface area contributed by atoms with Gasteiger partial charge in [-0.05, 0) is 96.4 Å². The van der Waals surface area contributed by atoms with Gasteiger partial charge in [-0.1, -0.05) is 49.9 Å². The average Bonchev–Trinajstić information content (AvgIpc) is 2.76. The SMILES string of the molecule is CC1=C2Cc3cc(ccc3O)C(=O)OC(C)(C)C(O)CC[C@](C)(O)C(Br)CC[C@]2(C)[C@@H](Br)CC1. The van der Waals surface area contributed by atoms with Gasteiger partial charge in [-0.25, -0.2) is 4.79 Å². The van der Waals surface area contributed by atoms with E-state index < -0.39 is 23.3 Å². The van der Waals surface area contributed by atoms with Gasteiger partial charge in [0, 0.05) is 15.1 Å². The topological polar surface area (TPSA) is 87.0 Å². The highest BCUT2D eigenvalue weighted by Crippen LogP contribution is 2.50. The van der Waals surface area contributed by atoms with Gasteiger partial charge in [0.1, 0.15) is 11.4 Å². The van der Waals surface area contributed by atoms with Crippen LogP contribution in [0.1, 0.15) is 89.1 Å². The maximum absolute atomic E-state index is 13.0. The van der Waals surface area contributed by atoms with E-state index in [4.69, 9.17) is 4.74 Å². The third-order valence-corrected chi connectivity index (χ3v) is 10.9. The van der Waals surface area contributed by atoms with E-state index in [1.165, 1.54) is 11.1 Å². The number of phenolic OH excluding ortho intramolecular Hbond substituents is 1. The normalized spacial score (nSPS) is 35.4. The minimum absolute atomic E-state index is 0.151. The quantitative estimate of drug-likeness (QED) is 0.187. The van der Waals surface area contributed by atoms with Crippen molar-refractivity contribution in [2.75, 3.05) is 0 Å². The number of carbonyl (C=O) groups excluding carboxylic acids is 1. The zero-order valence-electron chi connectivity index (χ0n) is 20.8. The molecule has 0 saturated carbocycles. The summed E-state index contributed by atoms with van der Waals surface area (Å²) in [6, 6.07) is 4.82. The number of carbonyl (C=O) groups is 1. The standard InChI is InChI=1S/C27H38Br2O5/c1-16-6-9-21(28)26(4)12-10-22(29)27(5,33)13-11-23(31)25(2,3)34-24(32)17-7-8-20(30)18(14-17)15-19(16)26/h7-8,14,21-23,30-31,33H,6,9-13,15H2,1-5H3/t21-,22?,23?,26-,27-/m0/s1. The Bertz CT molecular complexity index is 954. The predicted octanol–water partition coefficient (Wildman–Crippen LogP) is 6.20. The van der Waals surface area contributed by atoms with Crippen molar-refractivity contribution in [1.82, 2.24) is 0 Å². The molecule has 0 amide bonds. The van der Waals surface area contributed by atoms with Crippen molar-refractivity contribution in [1.29, 1.82) is 0 Å². The monoisotopic (exact) mass is 600 g/mol. The maximum Gasteiger partial charge on any atom is 0.338 e. The van der Waals surface area contributed by atoms with Crippen molar-refractivity contribution < 1.29 is 24.9 Å². The number of ether oxygens (including phenoxy) is 1. The highest BCUT2D eigenvalue weighted by atomic mass is 79.9. The Morgan fingerprint density at radius 3 is 2.38 bits per heavy atom. The van der Waals surface area contributed by atoms with Gasteiger partial charge in [-0.2, -0.15) is 0 Å². The van der Waals surface area contributed by atoms with Crippen LogP contribution in [0.15, 0.2) is 29.3 Å². The molecule has 2 bridgehead atoms. The molecule has 0 spiro atoms. The summed E-state index contributed by atoms with van der Waals surface area (Å²) in [6.45, 7) is 9.56. The van der Waals surface area contributed by atoms with Crippen molar-refractivity contribution >= 4 is 37.8 Å². The Kier molecular flexibility index (Phi) is 8.33. The molecule has 1 aliphatic heterocycles. The molecule has 1 aliphatic carbocycles. The first-order valence-electron chi connectivity index (χ1n) is 12.1. The van der Waals surface area contributed by atoms with Gasteiger partial charge in [0.2, 0.25) is 0 Å². The van der Waals surface area contributed by atoms with E-state index in [0.29, 0.717) is 30.4 Å². The number of aliphatic hydroxyl groups excluding tert-OH is 1. The molecule has 1 heterocycles. The van der Waals surface area contributed by atoms with E-state index >= 15 is 0 Å².